The van der Waals surface area contributed by atoms with Gasteiger partial charge in [0.15, 0.2) is 6.39 Å². The number of thiophene rings is 1. The quantitative estimate of drug-likeness (QED) is 0.152. The molecule has 2 fully saturated rings. The Labute approximate surface area is 531 Å². The number of aromatic nitrogens is 9. The highest BCUT2D eigenvalue weighted by atomic mass is 32.1. The molecule has 89 heavy (non-hydrogen) atoms. The summed E-state index contributed by atoms with van der Waals surface area (Å²) in [6, 6.07) is 70.0. The third-order valence-corrected chi connectivity index (χ3v) is 12.0. The summed E-state index contributed by atoms with van der Waals surface area (Å²) in [6.45, 7) is 4.00. The third kappa shape index (κ3) is 42.3. The number of rotatable bonds is 0. The number of thiazole rings is 1. The van der Waals surface area contributed by atoms with E-state index in [1.165, 1.54) is 66.5 Å². The highest BCUT2D eigenvalue weighted by Crippen LogP contribution is 2.22. The molecule has 0 spiro atoms. The molecule has 0 bridgehead atoms. The minimum absolute atomic E-state index is 1.00. The lowest BCUT2D eigenvalue weighted by atomic mass is 10.1. The van der Waals surface area contributed by atoms with E-state index < -0.39 is 0 Å². The number of H-pyrrole nitrogens is 1. The Morgan fingerprint density at radius 1 is 0.348 bits per heavy atom. The molecule has 9 aromatic heterocycles. The van der Waals surface area contributed by atoms with E-state index in [1.54, 1.807) is 115 Å². The maximum absolute atomic E-state index is 5.07. The summed E-state index contributed by atoms with van der Waals surface area (Å²) in [5.74, 6) is 0. The number of fused-ring (bicyclic) bond motifs is 3. The van der Waals surface area contributed by atoms with Crippen molar-refractivity contribution in [3.05, 3.63) is 345 Å². The molecule has 0 aliphatic carbocycles. The van der Waals surface area contributed by atoms with Crippen LogP contribution in [-0.2, 0) is 15.9 Å². The number of hydrogen-bond donors (Lipinski definition) is 1. The second kappa shape index (κ2) is 55.6. The lowest BCUT2D eigenvalue weighted by Crippen LogP contribution is -2.03. The first-order chi connectivity index (χ1) is 44.4. The van der Waals surface area contributed by atoms with Crippen molar-refractivity contribution in [1.29, 1.82) is 0 Å². The van der Waals surface area contributed by atoms with Crippen LogP contribution in [0.1, 0.15) is 37.7 Å². The highest BCUT2D eigenvalue weighted by molar-refractivity contribution is 7.07. The molecular weight excluding hydrogens is 1150 g/mol. The van der Waals surface area contributed by atoms with E-state index >= 15 is 0 Å². The van der Waals surface area contributed by atoms with Crippen LogP contribution in [0.25, 0.3) is 21.7 Å². The summed E-state index contributed by atoms with van der Waals surface area (Å²) in [5, 5.41) is 16.0. The van der Waals surface area contributed by atoms with Gasteiger partial charge in [-0.25, -0.2) is 4.98 Å². The topological polar surface area (TPSA) is 176 Å². The van der Waals surface area contributed by atoms with Crippen LogP contribution in [0.5, 0.6) is 0 Å². The van der Waals surface area contributed by atoms with Crippen LogP contribution in [0.4, 0.5) is 5.69 Å². The van der Waals surface area contributed by atoms with Crippen LogP contribution < -0.4 is 0 Å². The average Bonchev–Trinajstić information content (AvgIpc) is 4.69. The molecule has 3 aliphatic heterocycles. The molecule has 1 N–H and O–H groups in total. The van der Waals surface area contributed by atoms with Gasteiger partial charge >= 0.3 is 0 Å². The van der Waals surface area contributed by atoms with Crippen molar-refractivity contribution >= 4 is 56.3 Å². The van der Waals surface area contributed by atoms with Crippen LogP contribution in [0.3, 0.4) is 0 Å². The monoisotopic (exact) mass is 1220 g/mol. The van der Waals surface area contributed by atoms with E-state index in [0.717, 1.165) is 44.1 Å². The molecular formula is C73H78N10O4S2. The summed E-state index contributed by atoms with van der Waals surface area (Å²) in [7, 11) is 0. The largest absolute Gasteiger partial charge is 0.473 e. The van der Waals surface area contributed by atoms with E-state index in [1.807, 2.05) is 174 Å². The first-order valence-electron chi connectivity index (χ1n) is 28.8. The smallest absolute Gasteiger partial charge is 0.180 e. The van der Waals surface area contributed by atoms with Gasteiger partial charge in [-0.05, 0) is 120 Å². The Hall–Kier alpha value is -10.2. The Morgan fingerprint density at radius 2 is 0.865 bits per heavy atom. The second-order valence-electron chi connectivity index (χ2n) is 17.5. The molecule has 14 nitrogen and oxygen atoms in total. The number of ether oxygens (including phenoxy) is 2. The SMILES string of the molecule is C1=Nc2ccccc2C1.C1CCOC1.C1CCOCC1.c1ccc2ccccc2c1.c1ccc2ncccc2c1.c1ccccc1.c1ccncc1.c1ccncc1.c1ccoc1.c1ccsc1.c1cn[nH]c1.c1cnccn1.c1cocn1.c1cscn1. The summed E-state index contributed by atoms with van der Waals surface area (Å²) in [4.78, 5) is 30.7. The van der Waals surface area contributed by atoms with E-state index in [0.29, 0.717) is 0 Å². The summed E-state index contributed by atoms with van der Waals surface area (Å²) in [5.41, 5.74) is 5.33. The molecule has 0 atom stereocenters. The Balaban J connectivity index is 0.000000206. The molecule has 2 saturated heterocycles. The fourth-order valence-corrected chi connectivity index (χ4v) is 7.49. The predicted octanol–water partition coefficient (Wildman–Crippen LogP) is 18.6. The van der Waals surface area contributed by atoms with E-state index in [2.05, 4.69) is 126 Å². The van der Waals surface area contributed by atoms with Gasteiger partial charge in [-0.2, -0.15) is 16.4 Å². The third-order valence-electron chi connectivity index (χ3n) is 10.8. The van der Waals surface area contributed by atoms with Gasteiger partial charge in [0.2, 0.25) is 0 Å². The number of benzene rings is 5. The second-order valence-corrected chi connectivity index (χ2v) is 19.1. The van der Waals surface area contributed by atoms with Crippen LogP contribution in [0.15, 0.2) is 354 Å². The molecule has 16 heteroatoms. The Morgan fingerprint density at radius 3 is 1.19 bits per heavy atom. The minimum Gasteiger partial charge on any atom is -0.473 e. The number of hydrogen-bond acceptors (Lipinski definition) is 15. The lowest BCUT2D eigenvalue weighted by molar-refractivity contribution is 0.0968. The Kier molecular flexibility index (Phi) is 44.5. The lowest BCUT2D eigenvalue weighted by Gasteiger charge is -2.08. The average molecular weight is 1220 g/mol. The van der Waals surface area contributed by atoms with Gasteiger partial charge < -0.3 is 18.3 Å². The molecule has 0 amide bonds. The number of nitrogens with zero attached hydrogens (tertiary/aromatic N) is 9. The molecule has 5 aromatic carbocycles. The van der Waals surface area contributed by atoms with Gasteiger partial charge in [0.05, 0.1) is 35.4 Å². The first-order valence-corrected chi connectivity index (χ1v) is 30.7. The molecule has 0 unspecified atom stereocenters. The molecule has 3 aliphatic rings. The number of nitrogens with one attached hydrogen (secondary N) is 1. The zero-order valence-electron chi connectivity index (χ0n) is 50.0. The number of pyridine rings is 3. The van der Waals surface area contributed by atoms with Crippen molar-refractivity contribution in [2.45, 2.75) is 38.5 Å². The normalized spacial score (nSPS) is 11.0. The van der Waals surface area contributed by atoms with Crippen LogP contribution in [0, 0.1) is 0 Å². The zero-order valence-corrected chi connectivity index (χ0v) is 51.6. The van der Waals surface area contributed by atoms with Gasteiger partial charge in [0, 0.05) is 124 Å². The fraction of sp³-hybridized carbons (Fsp3) is 0.137. The van der Waals surface area contributed by atoms with Gasteiger partial charge in [-0.3, -0.25) is 40.0 Å². The van der Waals surface area contributed by atoms with Crippen molar-refractivity contribution in [3.8, 4) is 0 Å². The maximum Gasteiger partial charge on any atom is 0.180 e. The van der Waals surface area contributed by atoms with Crippen LogP contribution in [-0.4, -0.2) is 77.7 Å². The number of oxazole rings is 1. The van der Waals surface area contributed by atoms with Crippen molar-refractivity contribution < 1.29 is 18.3 Å². The molecule has 12 heterocycles. The molecule has 0 radical (unpaired) electrons. The predicted molar refractivity (Wildman–Crippen MR) is 366 cm³/mol. The van der Waals surface area contributed by atoms with Crippen molar-refractivity contribution in [3.63, 3.8) is 0 Å². The Bertz CT molecular complexity index is 2840. The molecule has 0 saturated carbocycles. The van der Waals surface area contributed by atoms with Gasteiger partial charge in [-0.1, -0.05) is 152 Å². The fourth-order valence-electron chi connectivity index (χ4n) is 6.68. The summed E-state index contributed by atoms with van der Waals surface area (Å²) in [6.07, 6.45) is 37.8. The number of furan rings is 1. The van der Waals surface area contributed by atoms with Crippen LogP contribution >= 0.6 is 22.7 Å². The molecule has 456 valence electrons. The van der Waals surface area contributed by atoms with E-state index in [9.17, 15) is 0 Å². The van der Waals surface area contributed by atoms with Crippen molar-refractivity contribution in [2.24, 2.45) is 4.99 Å². The van der Waals surface area contributed by atoms with Gasteiger partial charge in [-0.15, -0.1) is 11.3 Å². The summed E-state index contributed by atoms with van der Waals surface area (Å²) < 4.78 is 19.1. The molecule has 17 rings (SSSR count). The van der Waals surface area contributed by atoms with E-state index in [-0.39, 0.29) is 0 Å². The minimum atomic E-state index is 1.00. The van der Waals surface area contributed by atoms with Gasteiger partial charge in [0.1, 0.15) is 6.26 Å². The van der Waals surface area contributed by atoms with Crippen LogP contribution in [0.2, 0.25) is 0 Å². The van der Waals surface area contributed by atoms with Crippen molar-refractivity contribution in [2.75, 3.05) is 26.4 Å². The molecule has 14 aromatic rings. The standard InChI is InChI=1S/C10H8.C9H7N.C8H7N.C6H6.2C5H5N.C5H10O.C4H4N2.C4H8O.C4H4O.C4H4S.C3H4N2.C3H3NO.C3H3NS/c1-2-6-10-8-4-3-7-9(10)5-1;1-2-6-9-8(4-1)5-3-7-10-9;1-2-4-8-7(3-1)5-6-9-8;4*1-2-4-6-5-3-1;1-2-6-4-3-5-1;4*1-2-4-5-3-1;2*1-2-5-3-4-1/h1-8H;1-7H;1-4,6H,5H2;1-6H;2*1-5H;1-5H2;1-4H;1-4H2;2*1-4H;1-3H,(H,4,5);2*1-3H. The summed E-state index contributed by atoms with van der Waals surface area (Å²) >= 11 is 3.31. The first kappa shape index (κ1) is 71.3. The number of aromatic amines is 1. The van der Waals surface area contributed by atoms with Gasteiger partial charge in [0.25, 0.3) is 0 Å². The van der Waals surface area contributed by atoms with Crippen molar-refractivity contribution in [1.82, 2.24) is 45.1 Å². The van der Waals surface area contributed by atoms with E-state index in [4.69, 9.17) is 9.47 Å². The number of para-hydroxylation sites is 2. The zero-order chi connectivity index (χ0) is 62.2. The maximum atomic E-state index is 5.07. The number of aliphatic imine (C=N–C) groups is 1. The highest BCUT2D eigenvalue weighted by Gasteiger charge is 2.02.